The monoisotopic (exact) mass is 434 g/mol. The van der Waals surface area contributed by atoms with Crippen LogP contribution in [0.2, 0.25) is 0 Å². The fourth-order valence-corrected chi connectivity index (χ4v) is 4.72. The topological polar surface area (TPSA) is 68.7 Å². The number of aromatic nitrogens is 1. The Morgan fingerprint density at radius 1 is 1.00 bits per heavy atom. The average Bonchev–Trinajstić information content (AvgIpc) is 3.34. The van der Waals surface area contributed by atoms with E-state index in [4.69, 9.17) is 0 Å². The summed E-state index contributed by atoms with van der Waals surface area (Å²) in [7, 11) is 0. The van der Waals surface area contributed by atoms with Crippen molar-refractivity contribution in [3.8, 4) is 5.75 Å². The van der Waals surface area contributed by atoms with Gasteiger partial charge in [-0.25, -0.2) is 9.37 Å². The van der Waals surface area contributed by atoms with Gasteiger partial charge in [0.1, 0.15) is 22.9 Å². The van der Waals surface area contributed by atoms with Crippen molar-refractivity contribution in [2.75, 3.05) is 41.3 Å². The number of hydrogen-bond acceptors (Lipinski definition) is 5. The molecule has 2 fully saturated rings. The molecule has 3 aromatic rings. The van der Waals surface area contributed by atoms with E-state index in [0.29, 0.717) is 37.1 Å². The van der Waals surface area contributed by atoms with E-state index in [1.807, 2.05) is 24.3 Å². The number of carbonyl (C=O) groups excluding carboxylic acids is 1. The number of aromatic hydroxyl groups is 1. The molecule has 32 heavy (non-hydrogen) atoms. The van der Waals surface area contributed by atoms with Gasteiger partial charge in [-0.05, 0) is 62.1 Å². The standard InChI is InChI=1S/C25H27FN4O2/c26-19-14-20(16-21(15-19)29-10-1-2-11-29)27-25(32)18-8-12-30(13-9-18)23-7-6-17-4-3-5-22(31)24(17)28-23/h3-7,14-16,18,31H,1-2,8-13H2,(H,27,32). The van der Waals surface area contributed by atoms with E-state index < -0.39 is 0 Å². The highest BCUT2D eigenvalue weighted by Gasteiger charge is 2.26. The Labute approximate surface area is 186 Å². The summed E-state index contributed by atoms with van der Waals surface area (Å²) in [5.74, 6) is 0.454. The third-order valence-corrected chi connectivity index (χ3v) is 6.50. The maximum atomic E-state index is 14.1. The summed E-state index contributed by atoms with van der Waals surface area (Å²) in [5.41, 5.74) is 1.94. The molecule has 0 unspecified atom stereocenters. The van der Waals surface area contributed by atoms with Crippen LogP contribution in [-0.4, -0.2) is 42.2 Å². The van der Waals surface area contributed by atoms with Crippen LogP contribution in [0.25, 0.3) is 10.9 Å². The number of phenolic OH excluding ortho intramolecular Hbond substituents is 1. The molecule has 1 amide bonds. The number of halogens is 1. The first-order valence-electron chi connectivity index (χ1n) is 11.3. The minimum Gasteiger partial charge on any atom is -0.506 e. The van der Waals surface area contributed by atoms with Crippen molar-refractivity contribution in [3.63, 3.8) is 0 Å². The molecule has 1 aromatic heterocycles. The molecule has 2 aliphatic heterocycles. The highest BCUT2D eigenvalue weighted by Crippen LogP contribution is 2.29. The van der Waals surface area contributed by atoms with Crippen molar-refractivity contribution >= 4 is 34.0 Å². The van der Waals surface area contributed by atoms with Crippen LogP contribution in [0.4, 0.5) is 21.6 Å². The number of piperidine rings is 1. The van der Waals surface area contributed by atoms with Crippen LogP contribution in [0.5, 0.6) is 5.75 Å². The third-order valence-electron chi connectivity index (χ3n) is 6.50. The lowest BCUT2D eigenvalue weighted by Gasteiger charge is -2.32. The molecule has 3 heterocycles. The van der Waals surface area contributed by atoms with Gasteiger partial charge in [0.15, 0.2) is 0 Å². The van der Waals surface area contributed by atoms with Crippen LogP contribution in [-0.2, 0) is 4.79 Å². The second-order valence-corrected chi connectivity index (χ2v) is 8.66. The third kappa shape index (κ3) is 4.20. The zero-order valence-corrected chi connectivity index (χ0v) is 17.9. The Morgan fingerprint density at radius 3 is 2.56 bits per heavy atom. The summed E-state index contributed by atoms with van der Waals surface area (Å²) in [6.45, 7) is 3.25. The van der Waals surface area contributed by atoms with Crippen LogP contribution in [0, 0.1) is 11.7 Å². The molecule has 2 aromatic carbocycles. The second kappa shape index (κ2) is 8.65. The van der Waals surface area contributed by atoms with Crippen LogP contribution in [0.1, 0.15) is 25.7 Å². The van der Waals surface area contributed by atoms with Crippen LogP contribution < -0.4 is 15.1 Å². The predicted octanol–water partition coefficient (Wildman–Crippen LogP) is 4.53. The van der Waals surface area contributed by atoms with Gasteiger partial charge < -0.3 is 20.2 Å². The summed E-state index contributed by atoms with van der Waals surface area (Å²) in [6.07, 6.45) is 3.62. The van der Waals surface area contributed by atoms with E-state index in [1.54, 1.807) is 12.1 Å². The molecule has 0 spiro atoms. The number of pyridine rings is 1. The number of amides is 1. The summed E-state index contributed by atoms with van der Waals surface area (Å²) >= 11 is 0. The number of nitrogens with zero attached hydrogens (tertiary/aromatic N) is 3. The molecule has 0 aliphatic carbocycles. The molecule has 0 radical (unpaired) electrons. The molecule has 7 heteroatoms. The molecular formula is C25H27FN4O2. The van der Waals surface area contributed by atoms with Gasteiger partial charge in [-0.3, -0.25) is 4.79 Å². The van der Waals surface area contributed by atoms with E-state index in [0.717, 1.165) is 42.8 Å². The van der Waals surface area contributed by atoms with E-state index in [-0.39, 0.29) is 23.4 Å². The lowest BCUT2D eigenvalue weighted by Crippen LogP contribution is -2.38. The fraction of sp³-hybridized carbons (Fsp3) is 0.360. The first-order valence-corrected chi connectivity index (χ1v) is 11.3. The highest BCUT2D eigenvalue weighted by atomic mass is 19.1. The van der Waals surface area contributed by atoms with Gasteiger partial charge in [-0.15, -0.1) is 0 Å². The molecule has 0 atom stereocenters. The van der Waals surface area contributed by atoms with E-state index in [9.17, 15) is 14.3 Å². The molecule has 166 valence electrons. The summed E-state index contributed by atoms with van der Waals surface area (Å²) < 4.78 is 14.1. The molecule has 0 bridgehead atoms. The van der Waals surface area contributed by atoms with Gasteiger partial charge in [0, 0.05) is 48.9 Å². The van der Waals surface area contributed by atoms with E-state index in [2.05, 4.69) is 20.1 Å². The van der Waals surface area contributed by atoms with E-state index >= 15 is 0 Å². The number of hydrogen-bond donors (Lipinski definition) is 2. The first kappa shape index (κ1) is 20.5. The number of carbonyl (C=O) groups is 1. The average molecular weight is 435 g/mol. The van der Waals surface area contributed by atoms with Gasteiger partial charge in [0.25, 0.3) is 0 Å². The minimum atomic E-state index is -0.329. The number of phenols is 1. The maximum Gasteiger partial charge on any atom is 0.227 e. The summed E-state index contributed by atoms with van der Waals surface area (Å²) in [5, 5.41) is 13.9. The van der Waals surface area contributed by atoms with Crippen molar-refractivity contribution in [2.45, 2.75) is 25.7 Å². The van der Waals surface area contributed by atoms with E-state index in [1.165, 1.54) is 12.1 Å². The lowest BCUT2D eigenvalue weighted by molar-refractivity contribution is -0.120. The van der Waals surface area contributed by atoms with Crippen molar-refractivity contribution in [1.29, 1.82) is 0 Å². The quantitative estimate of drug-likeness (QED) is 0.631. The Balaban J connectivity index is 1.23. The number of para-hydroxylation sites is 1. The number of rotatable bonds is 4. The Kier molecular flexibility index (Phi) is 5.55. The van der Waals surface area contributed by atoms with Gasteiger partial charge in [-0.2, -0.15) is 0 Å². The Bertz CT molecular complexity index is 1140. The number of fused-ring (bicyclic) bond motifs is 1. The van der Waals surface area contributed by atoms with Crippen LogP contribution in [0.3, 0.4) is 0 Å². The summed E-state index contributed by atoms with van der Waals surface area (Å²) in [4.78, 5) is 21.8. The molecular weight excluding hydrogens is 407 g/mol. The maximum absolute atomic E-state index is 14.1. The number of nitrogens with one attached hydrogen (secondary N) is 1. The molecule has 0 saturated carbocycles. The van der Waals surface area contributed by atoms with Crippen LogP contribution in [0.15, 0.2) is 48.5 Å². The van der Waals surface area contributed by atoms with Crippen LogP contribution >= 0.6 is 0 Å². The Hall–Kier alpha value is -3.35. The van der Waals surface area contributed by atoms with Crippen molar-refractivity contribution in [3.05, 3.63) is 54.3 Å². The van der Waals surface area contributed by atoms with Gasteiger partial charge in [0.2, 0.25) is 5.91 Å². The number of anilines is 3. The van der Waals surface area contributed by atoms with Crippen molar-refractivity contribution < 1.29 is 14.3 Å². The Morgan fingerprint density at radius 2 is 1.78 bits per heavy atom. The fourth-order valence-electron chi connectivity index (χ4n) is 4.72. The van der Waals surface area contributed by atoms with Gasteiger partial charge >= 0.3 is 0 Å². The molecule has 6 nitrogen and oxygen atoms in total. The second-order valence-electron chi connectivity index (χ2n) is 8.66. The van der Waals surface area contributed by atoms with Gasteiger partial charge in [-0.1, -0.05) is 12.1 Å². The first-order chi connectivity index (χ1) is 15.6. The van der Waals surface area contributed by atoms with Crippen molar-refractivity contribution in [2.24, 2.45) is 5.92 Å². The number of benzene rings is 2. The zero-order chi connectivity index (χ0) is 22.1. The molecule has 2 saturated heterocycles. The smallest absolute Gasteiger partial charge is 0.227 e. The predicted molar refractivity (Wildman–Crippen MR) is 125 cm³/mol. The highest BCUT2D eigenvalue weighted by molar-refractivity contribution is 5.93. The molecule has 2 N–H and O–H groups in total. The normalized spacial score (nSPS) is 17.2. The SMILES string of the molecule is O=C(Nc1cc(F)cc(N2CCCC2)c1)C1CCN(c2ccc3cccc(O)c3n2)CC1. The van der Waals surface area contributed by atoms with Gasteiger partial charge in [0.05, 0.1) is 0 Å². The zero-order valence-electron chi connectivity index (χ0n) is 17.9. The minimum absolute atomic E-state index is 0.0632. The van der Waals surface area contributed by atoms with Crippen molar-refractivity contribution in [1.82, 2.24) is 4.98 Å². The molecule has 5 rings (SSSR count). The molecule has 2 aliphatic rings. The lowest BCUT2D eigenvalue weighted by atomic mass is 9.95. The summed E-state index contributed by atoms with van der Waals surface area (Å²) in [6, 6.07) is 14.1. The largest absolute Gasteiger partial charge is 0.506 e.